The quantitative estimate of drug-likeness (QED) is 0.369. The number of primary amides is 1. The van der Waals surface area contributed by atoms with Crippen molar-refractivity contribution >= 4 is 16.8 Å². The number of hydrogen-bond donors (Lipinski definition) is 2. The summed E-state index contributed by atoms with van der Waals surface area (Å²) in [4.78, 5) is 15.3. The van der Waals surface area contributed by atoms with Crippen LogP contribution in [0.4, 0.5) is 0 Å². The van der Waals surface area contributed by atoms with Crippen LogP contribution < -0.4 is 10.5 Å². The van der Waals surface area contributed by atoms with Gasteiger partial charge in [0.25, 0.3) is 5.91 Å². The lowest BCUT2D eigenvalue weighted by Gasteiger charge is -2.20. The Morgan fingerprint density at radius 2 is 2.00 bits per heavy atom. The van der Waals surface area contributed by atoms with Crippen LogP contribution in [-0.4, -0.2) is 31.7 Å². The highest BCUT2D eigenvalue weighted by Gasteiger charge is 2.16. The van der Waals surface area contributed by atoms with Gasteiger partial charge < -0.3 is 24.7 Å². The Bertz CT molecular complexity index is 1180. The van der Waals surface area contributed by atoms with Gasteiger partial charge in [-0.3, -0.25) is 4.79 Å². The Hall–Kier alpha value is -3.58. The van der Waals surface area contributed by atoms with E-state index in [1.807, 2.05) is 48.0 Å². The van der Waals surface area contributed by atoms with Crippen LogP contribution in [0.25, 0.3) is 10.9 Å². The molecule has 7 nitrogen and oxygen atoms in total. The van der Waals surface area contributed by atoms with E-state index in [9.17, 15) is 9.90 Å². The Labute approximate surface area is 187 Å². The maximum atomic E-state index is 11.3. The summed E-state index contributed by atoms with van der Waals surface area (Å²) in [5.41, 5.74) is 7.73. The number of hydrogen-bond acceptors (Lipinski definition) is 4. The number of benzene rings is 2. The van der Waals surface area contributed by atoms with Gasteiger partial charge in [-0.15, -0.1) is 0 Å². The van der Waals surface area contributed by atoms with Crippen LogP contribution in [0.1, 0.15) is 48.1 Å². The number of fused-ring (bicyclic) bond motifs is 1. The third-order valence-corrected chi connectivity index (χ3v) is 5.65. The number of nitrogens with two attached hydrogens (primary N) is 1. The first-order valence-electron chi connectivity index (χ1n) is 10.8. The highest BCUT2D eigenvalue weighted by Crippen LogP contribution is 2.27. The van der Waals surface area contributed by atoms with Crippen LogP contribution >= 0.6 is 0 Å². The molecular weight excluding hydrogens is 404 g/mol. The Balaban J connectivity index is 1.35. The van der Waals surface area contributed by atoms with Crippen molar-refractivity contribution in [3.63, 3.8) is 0 Å². The first-order chi connectivity index (χ1) is 15.5. The lowest BCUT2D eigenvalue weighted by atomic mass is 10.1. The van der Waals surface area contributed by atoms with Gasteiger partial charge in [0.15, 0.2) is 0 Å². The lowest BCUT2D eigenvalue weighted by Crippen LogP contribution is -2.14. The molecule has 0 saturated heterocycles. The second-order valence-corrected chi connectivity index (χ2v) is 8.02. The fourth-order valence-electron chi connectivity index (χ4n) is 3.85. The molecule has 0 saturated carbocycles. The van der Waals surface area contributed by atoms with Gasteiger partial charge in [0.2, 0.25) is 0 Å². The molecule has 32 heavy (non-hydrogen) atoms. The Morgan fingerprint density at radius 3 is 2.75 bits per heavy atom. The van der Waals surface area contributed by atoms with Crippen molar-refractivity contribution < 1.29 is 14.6 Å². The largest absolute Gasteiger partial charge is 0.494 e. The first-order valence-corrected chi connectivity index (χ1v) is 10.8. The topological polar surface area (TPSA) is 95.3 Å². The molecule has 0 aliphatic heterocycles. The number of rotatable bonds is 10. The van der Waals surface area contributed by atoms with E-state index in [0.717, 1.165) is 29.5 Å². The van der Waals surface area contributed by atoms with Gasteiger partial charge in [-0.25, -0.2) is 4.98 Å². The van der Waals surface area contributed by atoms with Crippen molar-refractivity contribution in [1.29, 1.82) is 0 Å². The Kier molecular flexibility index (Phi) is 6.56. The summed E-state index contributed by atoms with van der Waals surface area (Å²) in [6, 6.07) is 18.2. The summed E-state index contributed by atoms with van der Waals surface area (Å²) in [5, 5.41) is 11.8. The van der Waals surface area contributed by atoms with Crippen molar-refractivity contribution in [2.45, 2.75) is 38.5 Å². The number of aliphatic hydroxyl groups is 1. The summed E-state index contributed by atoms with van der Waals surface area (Å²) >= 11 is 0. The average molecular weight is 433 g/mol. The summed E-state index contributed by atoms with van der Waals surface area (Å²) in [6.45, 7) is 2.61. The maximum Gasteiger partial charge on any atom is 0.268 e. The number of amides is 1. The molecule has 2 heterocycles. The molecule has 1 amide bonds. The van der Waals surface area contributed by atoms with Crippen LogP contribution in [0.15, 0.2) is 73.3 Å². The molecule has 2 aromatic carbocycles. The van der Waals surface area contributed by atoms with E-state index in [1.54, 1.807) is 17.1 Å². The average Bonchev–Trinajstić information content (AvgIpc) is 3.45. The van der Waals surface area contributed by atoms with Crippen LogP contribution in [0.3, 0.4) is 0 Å². The predicted octanol–water partition coefficient (Wildman–Crippen LogP) is 4.09. The van der Waals surface area contributed by atoms with E-state index >= 15 is 0 Å². The fraction of sp³-hybridized carbons (Fsp3) is 0.280. The van der Waals surface area contributed by atoms with E-state index in [4.69, 9.17) is 10.5 Å². The van der Waals surface area contributed by atoms with E-state index < -0.39 is 12.1 Å². The summed E-state index contributed by atoms with van der Waals surface area (Å²) in [6.07, 6.45) is 6.72. The molecule has 2 aromatic heterocycles. The van der Waals surface area contributed by atoms with Crippen LogP contribution in [0, 0.1) is 0 Å². The van der Waals surface area contributed by atoms with Gasteiger partial charge in [0.05, 0.1) is 18.5 Å². The second-order valence-electron chi connectivity index (χ2n) is 8.02. The number of carbonyl (C=O) groups is 1. The van der Waals surface area contributed by atoms with Gasteiger partial charge in [-0.1, -0.05) is 30.3 Å². The zero-order chi connectivity index (χ0) is 22.5. The van der Waals surface area contributed by atoms with E-state index in [2.05, 4.69) is 29.2 Å². The predicted molar refractivity (Wildman–Crippen MR) is 124 cm³/mol. The first kappa shape index (κ1) is 21.6. The molecule has 0 spiro atoms. The highest BCUT2D eigenvalue weighted by molar-refractivity contribution is 5.90. The number of nitrogens with zero attached hydrogens (tertiary/aromatic N) is 3. The van der Waals surface area contributed by atoms with Gasteiger partial charge in [0, 0.05) is 30.2 Å². The van der Waals surface area contributed by atoms with E-state index in [-0.39, 0.29) is 11.7 Å². The molecule has 0 aliphatic rings. The lowest BCUT2D eigenvalue weighted by molar-refractivity contribution is 0.0842. The van der Waals surface area contributed by atoms with Gasteiger partial charge in [-0.2, -0.15) is 0 Å². The summed E-state index contributed by atoms with van der Waals surface area (Å²) in [7, 11) is 0. The maximum absolute atomic E-state index is 11.3. The van der Waals surface area contributed by atoms with Crippen molar-refractivity contribution in [2.24, 2.45) is 5.73 Å². The number of aromatic nitrogens is 3. The molecule has 4 rings (SSSR count). The standard InChI is InChI=1S/C25H28N4O3/c1-18(28-16-22(25(26)31)27-17-28)14-24(30)29-12-11-20-15-21(9-10-23(20)29)32-13-5-8-19-6-3-2-4-7-19/h2-4,6-7,9-12,15-18,24,30H,5,8,13-14H2,1H3,(H2,26,31). The minimum atomic E-state index is -0.723. The number of carbonyl (C=O) groups excluding carboxylic acids is 1. The van der Waals surface area contributed by atoms with Gasteiger partial charge >= 0.3 is 0 Å². The smallest absolute Gasteiger partial charge is 0.268 e. The monoisotopic (exact) mass is 432 g/mol. The summed E-state index contributed by atoms with van der Waals surface area (Å²) in [5.74, 6) is 0.259. The van der Waals surface area contributed by atoms with E-state index in [1.165, 1.54) is 5.56 Å². The molecule has 166 valence electrons. The summed E-state index contributed by atoms with van der Waals surface area (Å²) < 4.78 is 9.56. The van der Waals surface area contributed by atoms with Gasteiger partial charge in [-0.05, 0) is 49.6 Å². The van der Waals surface area contributed by atoms with Crippen molar-refractivity contribution in [3.05, 3.63) is 84.6 Å². The molecule has 4 aromatic rings. The van der Waals surface area contributed by atoms with Crippen molar-refractivity contribution in [2.75, 3.05) is 6.61 Å². The van der Waals surface area contributed by atoms with Crippen molar-refractivity contribution in [1.82, 2.24) is 14.1 Å². The molecular formula is C25H28N4O3. The van der Waals surface area contributed by atoms with Crippen molar-refractivity contribution in [3.8, 4) is 5.75 Å². The minimum absolute atomic E-state index is 0.0599. The normalized spacial score (nSPS) is 13.2. The number of imidazole rings is 1. The molecule has 0 bridgehead atoms. The molecule has 2 unspecified atom stereocenters. The van der Waals surface area contributed by atoms with Gasteiger partial charge in [0.1, 0.15) is 17.7 Å². The second kappa shape index (κ2) is 9.70. The highest BCUT2D eigenvalue weighted by atomic mass is 16.5. The third-order valence-electron chi connectivity index (χ3n) is 5.65. The zero-order valence-corrected chi connectivity index (χ0v) is 18.1. The number of aliphatic hydroxyl groups excluding tert-OH is 1. The molecule has 0 fully saturated rings. The fourth-order valence-corrected chi connectivity index (χ4v) is 3.85. The molecule has 7 heteroatoms. The third kappa shape index (κ3) is 5.00. The van der Waals surface area contributed by atoms with Crippen LogP contribution in [-0.2, 0) is 6.42 Å². The number of ether oxygens (including phenoxy) is 1. The Morgan fingerprint density at radius 1 is 1.19 bits per heavy atom. The van der Waals surface area contributed by atoms with Crippen LogP contribution in [0.2, 0.25) is 0 Å². The SMILES string of the molecule is CC(CC(O)n1ccc2cc(OCCCc3ccccc3)ccc21)n1cnc(C(N)=O)c1. The molecule has 0 radical (unpaired) electrons. The number of aryl methyl sites for hydroxylation is 1. The molecule has 0 aliphatic carbocycles. The van der Waals surface area contributed by atoms with Crippen LogP contribution in [0.5, 0.6) is 5.75 Å². The minimum Gasteiger partial charge on any atom is -0.494 e. The van der Waals surface area contributed by atoms with E-state index in [0.29, 0.717) is 13.0 Å². The molecule has 3 N–H and O–H groups in total. The molecule has 2 atom stereocenters. The zero-order valence-electron chi connectivity index (χ0n) is 18.1.